The van der Waals surface area contributed by atoms with Crippen molar-refractivity contribution in [2.75, 3.05) is 112 Å². The number of nitrogens with two attached hydrogens (primary N) is 1. The van der Waals surface area contributed by atoms with E-state index >= 15 is 0 Å². The summed E-state index contributed by atoms with van der Waals surface area (Å²) in [5.41, 5.74) is 9.78. The maximum atomic E-state index is 13.4. The Morgan fingerprint density at radius 3 is 2.42 bits per heavy atom. The van der Waals surface area contributed by atoms with Crippen molar-refractivity contribution >= 4 is 35.2 Å². The van der Waals surface area contributed by atoms with Gasteiger partial charge in [-0.05, 0) is 24.6 Å². The third-order valence-corrected chi connectivity index (χ3v) is 7.99. The molecule has 2 fully saturated rings. The van der Waals surface area contributed by atoms with E-state index in [0.717, 1.165) is 61.9 Å². The predicted molar refractivity (Wildman–Crippen MR) is 163 cm³/mol. The Kier molecular flexibility index (Phi) is 8.67. The highest BCUT2D eigenvalue weighted by molar-refractivity contribution is 5.88. The lowest BCUT2D eigenvalue weighted by Crippen LogP contribution is -2.40. The first-order valence-electron chi connectivity index (χ1n) is 14.6. The lowest BCUT2D eigenvalue weighted by molar-refractivity contribution is 0.0393. The zero-order valence-electron chi connectivity index (χ0n) is 24.7. The minimum Gasteiger partial charge on any atom is -0.379 e. The Bertz CT molecular complexity index is 1410. The van der Waals surface area contributed by atoms with Crippen LogP contribution in [0.25, 0.3) is 11.3 Å². The molecule has 3 aliphatic rings. The normalized spacial score (nSPS) is 17.1. The van der Waals surface area contributed by atoms with Crippen LogP contribution in [0.4, 0.5) is 33.9 Å². The van der Waals surface area contributed by atoms with Crippen LogP contribution in [-0.2, 0) is 20.7 Å². The summed E-state index contributed by atoms with van der Waals surface area (Å²) >= 11 is 0. The summed E-state index contributed by atoms with van der Waals surface area (Å²) in [5.74, 6) is 1.29. The van der Waals surface area contributed by atoms with E-state index in [0.29, 0.717) is 56.7 Å². The van der Waals surface area contributed by atoms with E-state index in [1.165, 1.54) is 4.90 Å². The minimum absolute atomic E-state index is 0.189. The summed E-state index contributed by atoms with van der Waals surface area (Å²) in [6.07, 6.45) is 3.40. The van der Waals surface area contributed by atoms with Crippen molar-refractivity contribution in [1.29, 1.82) is 0 Å². The number of benzene rings is 1. The molecule has 1 aromatic carbocycles. The number of fused-ring (bicyclic) bond motifs is 1. The van der Waals surface area contributed by atoms with Gasteiger partial charge >= 0.3 is 6.09 Å². The Labute approximate surface area is 250 Å². The third kappa shape index (κ3) is 6.55. The molecule has 43 heavy (non-hydrogen) atoms. The molecule has 0 radical (unpaired) electrons. The molecule has 6 rings (SSSR count). The van der Waals surface area contributed by atoms with Crippen molar-refractivity contribution < 1.29 is 19.1 Å². The molecule has 0 saturated carbocycles. The number of rotatable bonds is 8. The van der Waals surface area contributed by atoms with E-state index in [2.05, 4.69) is 31.7 Å². The van der Waals surface area contributed by atoms with Gasteiger partial charge in [0.15, 0.2) is 5.82 Å². The standard InChI is InChI=1S/C29H38N10O4/c1-35(8-9-37-10-14-41-15-11-37)22-4-3-5-23(18-22)36(2)29(40)43-39-7-6-24-25(21-19-31-27(30)32-20-21)33-28(34-26(24)39)38-12-16-42-17-13-38/h3-5,18-20H,6-17H2,1-2H3,(H2,30,31,32). The highest BCUT2D eigenvalue weighted by Gasteiger charge is 2.32. The van der Waals surface area contributed by atoms with Gasteiger partial charge in [-0.1, -0.05) is 6.07 Å². The molecule has 2 saturated heterocycles. The average Bonchev–Trinajstić information content (AvgIpc) is 3.46. The highest BCUT2D eigenvalue weighted by Crippen LogP contribution is 2.36. The number of carbonyl (C=O) groups excluding carboxylic acids is 1. The summed E-state index contributed by atoms with van der Waals surface area (Å²) in [7, 11) is 3.77. The van der Waals surface area contributed by atoms with Gasteiger partial charge in [0, 0.05) is 88.3 Å². The molecule has 3 aromatic rings. The number of hydrogen-bond donors (Lipinski definition) is 1. The molecule has 2 aromatic heterocycles. The van der Waals surface area contributed by atoms with E-state index in [9.17, 15) is 4.79 Å². The maximum Gasteiger partial charge on any atom is 0.438 e. The summed E-state index contributed by atoms with van der Waals surface area (Å²) in [6.45, 7) is 8.25. The fourth-order valence-electron chi connectivity index (χ4n) is 5.35. The fraction of sp³-hybridized carbons (Fsp3) is 0.483. The molecule has 0 spiro atoms. The van der Waals surface area contributed by atoms with E-state index in [4.69, 9.17) is 30.0 Å². The number of anilines is 5. The van der Waals surface area contributed by atoms with Crippen LogP contribution in [0.15, 0.2) is 36.7 Å². The van der Waals surface area contributed by atoms with Crippen molar-refractivity contribution in [2.24, 2.45) is 0 Å². The number of amides is 1. The Hall–Kier alpha value is -4.27. The molecule has 14 nitrogen and oxygen atoms in total. The molecule has 0 bridgehead atoms. The van der Waals surface area contributed by atoms with E-state index in [1.54, 1.807) is 24.5 Å². The number of carbonyl (C=O) groups is 1. The van der Waals surface area contributed by atoms with Gasteiger partial charge in [-0.2, -0.15) is 10.0 Å². The van der Waals surface area contributed by atoms with E-state index < -0.39 is 6.09 Å². The zero-order chi connectivity index (χ0) is 29.8. The fourth-order valence-corrected chi connectivity index (χ4v) is 5.35. The summed E-state index contributed by atoms with van der Waals surface area (Å²) in [5, 5.41) is 1.56. The molecular weight excluding hydrogens is 552 g/mol. The first kappa shape index (κ1) is 28.8. The van der Waals surface area contributed by atoms with Gasteiger partial charge in [0.1, 0.15) is 0 Å². The number of likely N-dealkylation sites (N-methyl/N-ethyl adjacent to an activating group) is 1. The lowest BCUT2D eigenvalue weighted by atomic mass is 10.1. The van der Waals surface area contributed by atoms with Gasteiger partial charge in [-0.25, -0.2) is 19.7 Å². The van der Waals surface area contributed by atoms with Crippen molar-refractivity contribution in [3.63, 3.8) is 0 Å². The summed E-state index contributed by atoms with van der Waals surface area (Å²) in [6, 6.07) is 7.89. The van der Waals surface area contributed by atoms with Crippen LogP contribution in [0.1, 0.15) is 5.56 Å². The topological polar surface area (TPSA) is 139 Å². The second kappa shape index (κ2) is 12.9. The Morgan fingerprint density at radius 2 is 1.67 bits per heavy atom. The number of hydrogen-bond acceptors (Lipinski definition) is 13. The number of ether oxygens (including phenoxy) is 2. The minimum atomic E-state index is -0.509. The quantitative estimate of drug-likeness (QED) is 0.407. The van der Waals surface area contributed by atoms with E-state index in [1.807, 2.05) is 24.3 Å². The van der Waals surface area contributed by atoms with Crippen LogP contribution in [0, 0.1) is 0 Å². The number of nitrogens with zero attached hydrogens (tertiary/aromatic N) is 9. The van der Waals surface area contributed by atoms with Crippen LogP contribution >= 0.6 is 0 Å². The molecular formula is C29H38N10O4. The maximum absolute atomic E-state index is 13.4. The third-order valence-electron chi connectivity index (χ3n) is 7.99. The van der Waals surface area contributed by atoms with Crippen LogP contribution in [0.3, 0.4) is 0 Å². The molecule has 0 aliphatic carbocycles. The molecule has 5 heterocycles. The molecule has 3 aliphatic heterocycles. The molecule has 0 unspecified atom stereocenters. The van der Waals surface area contributed by atoms with Gasteiger partial charge in [-0.15, -0.1) is 0 Å². The smallest absolute Gasteiger partial charge is 0.379 e. The van der Waals surface area contributed by atoms with Crippen molar-refractivity contribution in [2.45, 2.75) is 6.42 Å². The first-order valence-corrected chi connectivity index (χ1v) is 14.6. The second-order valence-corrected chi connectivity index (χ2v) is 10.8. The average molecular weight is 591 g/mol. The Morgan fingerprint density at radius 1 is 0.977 bits per heavy atom. The zero-order valence-corrected chi connectivity index (χ0v) is 24.7. The van der Waals surface area contributed by atoms with Crippen molar-refractivity contribution in [1.82, 2.24) is 24.8 Å². The van der Waals surface area contributed by atoms with Gasteiger partial charge in [0.05, 0.1) is 38.7 Å². The van der Waals surface area contributed by atoms with Crippen LogP contribution in [0.5, 0.6) is 0 Å². The van der Waals surface area contributed by atoms with Gasteiger partial charge < -0.3 is 29.8 Å². The van der Waals surface area contributed by atoms with Gasteiger partial charge in [-0.3, -0.25) is 9.80 Å². The predicted octanol–water partition coefficient (Wildman–Crippen LogP) is 1.67. The molecule has 1 amide bonds. The number of hydroxylamine groups is 1. The van der Waals surface area contributed by atoms with Crippen LogP contribution in [-0.4, -0.2) is 117 Å². The number of aromatic nitrogens is 4. The molecule has 14 heteroatoms. The molecule has 2 N–H and O–H groups in total. The first-order chi connectivity index (χ1) is 21.0. The monoisotopic (exact) mass is 590 g/mol. The van der Waals surface area contributed by atoms with E-state index in [-0.39, 0.29) is 5.95 Å². The van der Waals surface area contributed by atoms with Crippen molar-refractivity contribution in [3.05, 3.63) is 42.2 Å². The number of morpholine rings is 2. The second-order valence-electron chi connectivity index (χ2n) is 10.8. The molecule has 0 atom stereocenters. The van der Waals surface area contributed by atoms with Gasteiger partial charge in [0.25, 0.3) is 0 Å². The van der Waals surface area contributed by atoms with Gasteiger partial charge in [0.2, 0.25) is 11.9 Å². The van der Waals surface area contributed by atoms with Crippen LogP contribution < -0.4 is 25.5 Å². The SMILES string of the molecule is CN(CCN1CCOCC1)c1cccc(N(C)C(=O)ON2CCc3c(-c4cnc(N)nc4)nc(N4CCOCC4)nc32)c1. The largest absolute Gasteiger partial charge is 0.438 e. The van der Waals surface area contributed by atoms with Crippen molar-refractivity contribution in [3.8, 4) is 11.3 Å². The van der Waals surface area contributed by atoms with Crippen LogP contribution in [0.2, 0.25) is 0 Å². The molecule has 228 valence electrons. The number of nitrogen functional groups attached to an aromatic ring is 1. The Balaban J connectivity index is 1.18. The summed E-state index contributed by atoms with van der Waals surface area (Å²) in [4.78, 5) is 45.6. The summed E-state index contributed by atoms with van der Waals surface area (Å²) < 4.78 is 11.0. The highest BCUT2D eigenvalue weighted by atomic mass is 16.7. The lowest BCUT2D eigenvalue weighted by Gasteiger charge is -2.29.